The van der Waals surface area contributed by atoms with E-state index in [0.717, 1.165) is 5.33 Å². The Hall–Kier alpha value is -0.220. The van der Waals surface area contributed by atoms with E-state index in [1.54, 1.807) is 6.92 Å². The Bertz CT molecular complexity index is 551. The lowest BCUT2D eigenvalue weighted by Gasteiger charge is -2.10. The molecule has 1 aromatic heterocycles. The molecule has 0 amide bonds. The van der Waals surface area contributed by atoms with Crippen molar-refractivity contribution in [3.8, 4) is 0 Å². The Morgan fingerprint density at radius 2 is 1.82 bits per heavy atom. The molecule has 0 saturated heterocycles. The Labute approximate surface area is 148 Å². The van der Waals surface area contributed by atoms with Gasteiger partial charge >= 0.3 is 0 Å². The number of nitrogen functional groups attached to an aromatic ring is 1. The Balaban J connectivity index is 0.000000626. The van der Waals surface area contributed by atoms with E-state index in [9.17, 15) is 8.42 Å². The molecule has 0 spiro atoms. The van der Waals surface area contributed by atoms with Crippen LogP contribution >= 0.6 is 31.9 Å². The number of sulfone groups is 1. The zero-order valence-electron chi connectivity index (χ0n) is 12.5. The van der Waals surface area contributed by atoms with Crippen molar-refractivity contribution in [2.45, 2.75) is 18.7 Å². The van der Waals surface area contributed by atoms with Crippen molar-refractivity contribution < 1.29 is 18.6 Å². The number of aromatic nitrogens is 1. The fourth-order valence-corrected chi connectivity index (χ4v) is 3.65. The normalized spacial score (nSPS) is 13.9. The van der Waals surface area contributed by atoms with Gasteiger partial charge in [-0.15, -0.1) is 0 Å². The van der Waals surface area contributed by atoms with Crippen LogP contribution in [0.1, 0.15) is 13.8 Å². The molecule has 4 N–H and O–H groups in total. The number of aliphatic hydroxyl groups is 2. The second-order valence-corrected chi connectivity index (χ2v) is 8.61. The molecule has 0 aromatic carbocycles. The van der Waals surface area contributed by atoms with Crippen molar-refractivity contribution in [1.82, 2.24) is 4.98 Å². The van der Waals surface area contributed by atoms with Crippen LogP contribution in [-0.2, 0) is 9.84 Å². The van der Waals surface area contributed by atoms with Crippen molar-refractivity contribution in [2.75, 3.05) is 30.0 Å². The third kappa shape index (κ3) is 7.87. The summed E-state index contributed by atoms with van der Waals surface area (Å²) in [5.74, 6) is -0.0898. The number of nitrogens with zero attached hydrogens (tertiary/aromatic N) is 1. The summed E-state index contributed by atoms with van der Waals surface area (Å²) in [5.41, 5.74) is 5.52. The van der Waals surface area contributed by atoms with E-state index in [0.29, 0.717) is 10.4 Å². The first-order chi connectivity index (χ1) is 10.2. The molecule has 1 aromatic rings. The number of halogens is 2. The van der Waals surface area contributed by atoms with Crippen molar-refractivity contribution in [1.29, 1.82) is 0 Å². The summed E-state index contributed by atoms with van der Waals surface area (Å²) in [5, 5.41) is 18.0. The minimum absolute atomic E-state index is 0.00201. The van der Waals surface area contributed by atoms with Gasteiger partial charge in [-0.05, 0) is 33.8 Å². The number of rotatable bonds is 6. The first-order valence-electron chi connectivity index (χ1n) is 6.59. The van der Waals surface area contributed by atoms with Crippen molar-refractivity contribution in [3.05, 3.63) is 16.7 Å². The van der Waals surface area contributed by atoms with Crippen LogP contribution < -0.4 is 5.73 Å². The number of aliphatic hydroxyl groups excluding tert-OH is 2. The average molecular weight is 462 g/mol. The van der Waals surface area contributed by atoms with Crippen LogP contribution in [0.5, 0.6) is 0 Å². The third-order valence-corrected chi connectivity index (χ3v) is 6.12. The Morgan fingerprint density at radius 1 is 1.27 bits per heavy atom. The minimum atomic E-state index is -3.50. The van der Waals surface area contributed by atoms with Gasteiger partial charge in [0.2, 0.25) is 0 Å². The maximum Gasteiger partial charge on any atom is 0.182 e. The highest BCUT2D eigenvalue weighted by molar-refractivity contribution is 9.10. The number of nitrogens with two attached hydrogens (primary N) is 1. The first-order valence-corrected chi connectivity index (χ1v) is 10.2. The molecule has 22 heavy (non-hydrogen) atoms. The lowest BCUT2D eigenvalue weighted by molar-refractivity contribution is 0.249. The van der Waals surface area contributed by atoms with E-state index < -0.39 is 9.84 Å². The van der Waals surface area contributed by atoms with Gasteiger partial charge in [0, 0.05) is 29.2 Å². The quantitative estimate of drug-likeness (QED) is 0.557. The molecule has 1 heterocycles. The van der Waals surface area contributed by atoms with Gasteiger partial charge in [0.15, 0.2) is 9.84 Å². The van der Waals surface area contributed by atoms with Crippen LogP contribution in [0.15, 0.2) is 21.6 Å². The van der Waals surface area contributed by atoms with Gasteiger partial charge in [-0.2, -0.15) is 0 Å². The zero-order valence-corrected chi connectivity index (χ0v) is 16.5. The molecule has 0 aliphatic heterocycles. The maximum atomic E-state index is 11.9. The largest absolute Gasteiger partial charge is 0.396 e. The molecule has 6 nitrogen and oxygen atoms in total. The Morgan fingerprint density at radius 3 is 2.23 bits per heavy atom. The summed E-state index contributed by atoms with van der Waals surface area (Å²) in [4.78, 5) is 3.77. The number of anilines is 1. The molecule has 9 heteroatoms. The second-order valence-electron chi connectivity index (χ2n) is 5.05. The SMILES string of the molecule is C[C@@H](CO)CBr.C[C@@H](CO)CS(=O)(=O)c1cc(Br)cnc1N. The summed E-state index contributed by atoms with van der Waals surface area (Å²) in [6, 6.07) is 1.42. The molecular formula is C13H22Br2N2O4S. The fourth-order valence-electron chi connectivity index (χ4n) is 1.25. The van der Waals surface area contributed by atoms with Gasteiger partial charge < -0.3 is 15.9 Å². The van der Waals surface area contributed by atoms with Gasteiger partial charge in [0.05, 0.1) is 5.75 Å². The van der Waals surface area contributed by atoms with Gasteiger partial charge in [-0.1, -0.05) is 29.8 Å². The Kier molecular flexibility index (Phi) is 10.4. The van der Waals surface area contributed by atoms with Gasteiger partial charge in [-0.25, -0.2) is 13.4 Å². The highest BCUT2D eigenvalue weighted by Gasteiger charge is 2.21. The predicted octanol–water partition coefficient (Wildman–Crippen LogP) is 1.84. The molecular weight excluding hydrogens is 440 g/mol. The highest BCUT2D eigenvalue weighted by Crippen LogP contribution is 2.22. The number of alkyl halides is 1. The van der Waals surface area contributed by atoms with Crippen molar-refractivity contribution >= 4 is 47.5 Å². The van der Waals surface area contributed by atoms with E-state index >= 15 is 0 Å². The summed E-state index contributed by atoms with van der Waals surface area (Å²) in [6.45, 7) is 3.74. The standard InChI is InChI=1S/C9H13BrN2O3S.C4H9BrO/c1-6(4-13)5-16(14,15)8-2-7(10)3-12-9(8)11;1-4(2-5)3-6/h2-3,6,13H,4-5H2,1H3,(H2,11,12);4,6H,2-3H2,1H3/t6-;4-/m01/s1. The fraction of sp³-hybridized carbons (Fsp3) is 0.615. The van der Waals surface area contributed by atoms with E-state index in [4.69, 9.17) is 15.9 Å². The van der Waals surface area contributed by atoms with Crippen molar-refractivity contribution in [3.63, 3.8) is 0 Å². The molecule has 0 aliphatic carbocycles. The second kappa shape index (κ2) is 10.5. The van der Waals surface area contributed by atoms with E-state index in [-0.39, 0.29) is 35.6 Å². The van der Waals surface area contributed by atoms with Gasteiger partial charge in [-0.3, -0.25) is 0 Å². The van der Waals surface area contributed by atoms with Crippen LogP contribution in [0.3, 0.4) is 0 Å². The van der Waals surface area contributed by atoms with Crippen molar-refractivity contribution in [2.24, 2.45) is 11.8 Å². The average Bonchev–Trinajstić information content (AvgIpc) is 2.48. The van der Waals surface area contributed by atoms with E-state index in [1.165, 1.54) is 12.3 Å². The van der Waals surface area contributed by atoms with Crippen LogP contribution in [-0.4, -0.2) is 47.9 Å². The number of pyridine rings is 1. The molecule has 0 fully saturated rings. The summed E-state index contributed by atoms with van der Waals surface area (Å²) < 4.78 is 24.4. The monoisotopic (exact) mass is 460 g/mol. The summed E-state index contributed by atoms with van der Waals surface area (Å²) in [7, 11) is -3.50. The maximum absolute atomic E-state index is 11.9. The first kappa shape index (κ1) is 21.8. The van der Waals surface area contributed by atoms with Crippen LogP contribution in [0.25, 0.3) is 0 Å². The minimum Gasteiger partial charge on any atom is -0.396 e. The van der Waals surface area contributed by atoms with Gasteiger partial charge in [0.25, 0.3) is 0 Å². The molecule has 0 radical (unpaired) electrons. The molecule has 128 valence electrons. The van der Waals surface area contributed by atoms with Crippen LogP contribution in [0.2, 0.25) is 0 Å². The van der Waals surface area contributed by atoms with Gasteiger partial charge in [0.1, 0.15) is 10.7 Å². The molecule has 2 atom stereocenters. The number of hydrogen-bond donors (Lipinski definition) is 3. The lowest BCUT2D eigenvalue weighted by atomic mass is 10.2. The molecule has 0 bridgehead atoms. The predicted molar refractivity (Wildman–Crippen MR) is 94.7 cm³/mol. The summed E-state index contributed by atoms with van der Waals surface area (Å²) in [6.07, 6.45) is 1.43. The molecule has 0 aliphatic rings. The highest BCUT2D eigenvalue weighted by atomic mass is 79.9. The molecule has 1 rings (SSSR count). The number of hydrogen-bond acceptors (Lipinski definition) is 6. The molecule has 0 saturated carbocycles. The van der Waals surface area contributed by atoms with Crippen LogP contribution in [0.4, 0.5) is 5.82 Å². The zero-order chi connectivity index (χ0) is 17.3. The smallest absolute Gasteiger partial charge is 0.182 e. The van der Waals surface area contributed by atoms with Crippen LogP contribution in [0, 0.1) is 11.8 Å². The van der Waals surface area contributed by atoms with E-state index in [1.807, 2.05) is 6.92 Å². The summed E-state index contributed by atoms with van der Waals surface area (Å²) >= 11 is 6.36. The van der Waals surface area contributed by atoms with E-state index in [2.05, 4.69) is 36.8 Å². The topological polar surface area (TPSA) is 114 Å². The molecule has 0 unspecified atom stereocenters. The third-order valence-electron chi connectivity index (χ3n) is 2.57. The lowest BCUT2D eigenvalue weighted by Crippen LogP contribution is -2.18.